The predicted molar refractivity (Wildman–Crippen MR) is 131 cm³/mol. The number of allylic oxidation sites excluding steroid dienone is 1. The summed E-state index contributed by atoms with van der Waals surface area (Å²) in [5.74, 6) is -4.73. The number of β-lactam (4-membered cyclic amide) rings is 1. The van der Waals surface area contributed by atoms with Gasteiger partial charge in [0.2, 0.25) is 5.91 Å². The number of fused-ring (bicyclic) bond motifs is 3. The van der Waals surface area contributed by atoms with Crippen molar-refractivity contribution in [2.45, 2.75) is 44.7 Å². The van der Waals surface area contributed by atoms with Crippen molar-refractivity contribution in [3.05, 3.63) is 27.7 Å². The first-order chi connectivity index (χ1) is 17.6. The second-order valence-electron chi connectivity index (χ2n) is 9.08. The van der Waals surface area contributed by atoms with E-state index in [0.29, 0.717) is 5.01 Å². The van der Waals surface area contributed by atoms with Gasteiger partial charge in [0.05, 0.1) is 29.9 Å². The molecule has 1 aromatic heterocycles. The zero-order chi connectivity index (χ0) is 26.9. The molecule has 1 aromatic rings. The number of oxime groups is 1. The number of aliphatic hydroxyl groups is 1. The van der Waals surface area contributed by atoms with E-state index in [1.165, 1.54) is 11.3 Å². The molecule has 0 aromatic carbocycles. The van der Waals surface area contributed by atoms with Crippen LogP contribution in [0.3, 0.4) is 0 Å². The molecule has 5 atom stereocenters. The van der Waals surface area contributed by atoms with Gasteiger partial charge in [-0.05, 0) is 26.8 Å². The molecule has 1 N–H and O–H groups in total. The highest BCUT2D eigenvalue weighted by atomic mass is 32.2. The Balaban J connectivity index is 1.58. The van der Waals surface area contributed by atoms with Crippen molar-refractivity contribution in [3.63, 3.8) is 0 Å². The first-order valence-corrected chi connectivity index (χ1v) is 13.9. The third-order valence-corrected chi connectivity index (χ3v) is 8.83. The highest BCUT2D eigenvalue weighted by molar-refractivity contribution is 7.85. The number of carbonyl (C=O) groups excluding carboxylic acids is 4. The predicted octanol–water partition coefficient (Wildman–Crippen LogP) is 0.439. The Hall–Kier alpha value is -2.97. The molecule has 0 aliphatic carbocycles. The molecule has 3 saturated heterocycles. The van der Waals surface area contributed by atoms with Crippen LogP contribution < -0.4 is 0 Å². The van der Waals surface area contributed by atoms with Gasteiger partial charge in [0.25, 0.3) is 5.72 Å². The summed E-state index contributed by atoms with van der Waals surface area (Å²) in [6.45, 7) is 4.86. The van der Waals surface area contributed by atoms with Crippen LogP contribution in [0.4, 0.5) is 0 Å². The lowest BCUT2D eigenvalue weighted by Crippen LogP contribution is -2.78. The Bertz CT molecular complexity index is 1210. The van der Waals surface area contributed by atoms with E-state index in [0.717, 1.165) is 10.5 Å². The number of aliphatic hydroxyl groups excluding tert-OH is 1. The lowest BCUT2D eigenvalue weighted by atomic mass is 9.84. The Morgan fingerprint density at radius 1 is 1.41 bits per heavy atom. The molecule has 0 bridgehead atoms. The van der Waals surface area contributed by atoms with Gasteiger partial charge in [-0.2, -0.15) is 0 Å². The minimum Gasteiger partial charge on any atom is -0.457 e. The molecule has 0 saturated carbocycles. The minimum absolute atomic E-state index is 0.0611. The van der Waals surface area contributed by atoms with E-state index in [2.05, 4.69) is 10.1 Å². The summed E-state index contributed by atoms with van der Waals surface area (Å²) in [4.78, 5) is 62.3. The molecule has 0 unspecified atom stereocenters. The van der Waals surface area contributed by atoms with E-state index >= 15 is 0 Å². The van der Waals surface area contributed by atoms with Crippen LogP contribution in [0.25, 0.3) is 0 Å². The van der Waals surface area contributed by atoms with Crippen molar-refractivity contribution in [1.82, 2.24) is 9.88 Å². The molecule has 200 valence electrons. The number of thiazole rings is 1. The number of ketones is 1. The van der Waals surface area contributed by atoms with Gasteiger partial charge in [-0.15, -0.1) is 11.3 Å². The number of Topliss-reactive ketones (excluding diaryl/α,β-unsaturated/α-hetero) is 1. The van der Waals surface area contributed by atoms with E-state index in [1.54, 1.807) is 18.4 Å². The number of amides is 1. The topological polar surface area (TPSA) is 162 Å². The maximum absolute atomic E-state index is 13.4. The van der Waals surface area contributed by atoms with Gasteiger partial charge in [0.15, 0.2) is 11.5 Å². The first-order valence-electron chi connectivity index (χ1n) is 11.6. The maximum atomic E-state index is 13.4. The number of rotatable bonds is 10. The highest BCUT2D eigenvalue weighted by Gasteiger charge is 2.73. The number of carbonyl (C=O) groups is 4. The molecule has 0 radical (unpaired) electrons. The van der Waals surface area contributed by atoms with Crippen molar-refractivity contribution < 1.29 is 42.8 Å². The van der Waals surface area contributed by atoms with Gasteiger partial charge in [-0.1, -0.05) is 10.7 Å². The van der Waals surface area contributed by atoms with Crippen LogP contribution in [0, 0.1) is 18.8 Å². The lowest BCUT2D eigenvalue weighted by Gasteiger charge is -2.56. The molecule has 12 nitrogen and oxygen atoms in total. The van der Waals surface area contributed by atoms with E-state index < -0.39 is 57.4 Å². The molecule has 1 amide bonds. The van der Waals surface area contributed by atoms with Gasteiger partial charge in [-0.25, -0.2) is 9.78 Å². The number of aromatic nitrogens is 1. The van der Waals surface area contributed by atoms with Crippen LogP contribution in [-0.2, 0) is 44.3 Å². The van der Waals surface area contributed by atoms with Crippen molar-refractivity contribution in [1.29, 1.82) is 0 Å². The number of aryl methyl sites for hydroxylation is 1. The molecule has 3 aliphatic rings. The van der Waals surface area contributed by atoms with E-state index in [4.69, 9.17) is 19.4 Å². The smallest absolute Gasteiger partial charge is 0.373 e. The van der Waals surface area contributed by atoms with Gasteiger partial charge in [0.1, 0.15) is 24.3 Å². The summed E-state index contributed by atoms with van der Waals surface area (Å²) < 4.78 is 23.9. The van der Waals surface area contributed by atoms with Gasteiger partial charge in [0, 0.05) is 28.4 Å². The molecular formula is C23H27N3O9S2. The second kappa shape index (κ2) is 10.8. The van der Waals surface area contributed by atoms with Crippen LogP contribution in [0.2, 0.25) is 0 Å². The number of esters is 2. The molecule has 37 heavy (non-hydrogen) atoms. The molecular weight excluding hydrogens is 526 g/mol. The quantitative estimate of drug-likeness (QED) is 0.107. The van der Waals surface area contributed by atoms with Crippen LogP contribution >= 0.6 is 11.3 Å². The Morgan fingerprint density at radius 2 is 2.16 bits per heavy atom. The van der Waals surface area contributed by atoms with E-state index in [-0.39, 0.29) is 49.8 Å². The first kappa shape index (κ1) is 27.1. The average molecular weight is 554 g/mol. The molecule has 4 heterocycles. The summed E-state index contributed by atoms with van der Waals surface area (Å²) in [7, 11) is -1.65. The second-order valence-corrected chi connectivity index (χ2v) is 11.7. The largest absolute Gasteiger partial charge is 0.457 e. The Morgan fingerprint density at radius 3 is 2.81 bits per heavy atom. The molecule has 3 fully saturated rings. The summed E-state index contributed by atoms with van der Waals surface area (Å²) >= 11 is 1.29. The minimum atomic E-state index is -2.01. The summed E-state index contributed by atoms with van der Waals surface area (Å²) in [6, 6.07) is 0. The third kappa shape index (κ3) is 4.97. The number of nitrogens with zero attached hydrogens (tertiary/aromatic N) is 3. The van der Waals surface area contributed by atoms with E-state index in [9.17, 15) is 23.4 Å². The van der Waals surface area contributed by atoms with Crippen molar-refractivity contribution in [2.75, 3.05) is 25.6 Å². The fraction of sp³-hybridized carbons (Fsp3) is 0.565. The highest BCUT2D eigenvalue weighted by Crippen LogP contribution is 2.51. The molecule has 4 rings (SSSR count). The van der Waals surface area contributed by atoms with E-state index in [1.807, 2.05) is 13.8 Å². The average Bonchev–Trinajstić information content (AvgIpc) is 3.41. The van der Waals surface area contributed by atoms with Crippen LogP contribution in [0.1, 0.15) is 37.4 Å². The normalized spacial score (nSPS) is 28.5. The van der Waals surface area contributed by atoms with Gasteiger partial charge in [-0.3, -0.25) is 23.5 Å². The van der Waals surface area contributed by atoms with Gasteiger partial charge >= 0.3 is 11.9 Å². The van der Waals surface area contributed by atoms with Crippen molar-refractivity contribution in [3.8, 4) is 0 Å². The Labute approximate surface area is 219 Å². The number of hydrogen-bond acceptors (Lipinski definition) is 12. The van der Waals surface area contributed by atoms with Crippen molar-refractivity contribution in [2.24, 2.45) is 17.0 Å². The summed E-state index contributed by atoms with van der Waals surface area (Å²) in [6.07, 6.45) is 1.12. The zero-order valence-electron chi connectivity index (χ0n) is 20.5. The molecule has 3 aliphatic heterocycles. The van der Waals surface area contributed by atoms with Crippen LogP contribution in [-0.4, -0.2) is 85.2 Å². The van der Waals surface area contributed by atoms with Crippen molar-refractivity contribution >= 4 is 51.5 Å². The molecule has 14 heteroatoms. The third-order valence-electron chi connectivity index (χ3n) is 6.25. The fourth-order valence-corrected chi connectivity index (χ4v) is 7.18. The maximum Gasteiger partial charge on any atom is 0.373 e. The number of ether oxygens (including phenoxy) is 2. The summed E-state index contributed by atoms with van der Waals surface area (Å²) in [5, 5.41) is 14.1. The molecule has 0 spiro atoms. The lowest BCUT2D eigenvalue weighted by molar-refractivity contribution is -0.222. The monoisotopic (exact) mass is 553 g/mol. The van der Waals surface area contributed by atoms with Crippen LogP contribution in [0.15, 0.2) is 22.2 Å². The zero-order valence-corrected chi connectivity index (χ0v) is 22.1. The van der Waals surface area contributed by atoms with Crippen LogP contribution in [0.5, 0.6) is 0 Å². The number of hydrogen-bond donors (Lipinski definition) is 1. The summed E-state index contributed by atoms with van der Waals surface area (Å²) in [5.41, 5.74) is -0.980. The standard InChI is InChI=1S/C23H27N3O9S2/c1-12(2)4-6-33-22(31)23-14(8-18(29)35-23)11-37(32)21-15(20(30)26(21)23)9-17(28)19(25-34-7-5-27)16-10-36-13(3)24-16/h4,10,14-15,21,27H,5-9,11H2,1-3H3/b25-19-/t14-,15+,21+,23+,37-/m0/s1. The SMILES string of the molecule is CC(C)=CCOC(=O)[C@]12OC(=O)C[C@H]1C[S@](=O)[C@@H]1[C@H](CC(=O)/C(=N\OCCO)c3csc(C)n3)C(=O)N12. The Kier molecular flexibility index (Phi) is 7.90. The fourth-order valence-electron chi connectivity index (χ4n) is 4.57. The van der Waals surface area contributed by atoms with Gasteiger partial charge < -0.3 is 19.4 Å².